The van der Waals surface area contributed by atoms with Crippen LogP contribution in [-0.2, 0) is 16.1 Å². The predicted molar refractivity (Wildman–Crippen MR) is 77.7 cm³/mol. The van der Waals surface area contributed by atoms with Crippen molar-refractivity contribution in [2.24, 2.45) is 0 Å². The van der Waals surface area contributed by atoms with Crippen LogP contribution in [0.15, 0.2) is 42.5 Å². The van der Waals surface area contributed by atoms with Crippen LogP contribution in [0.5, 0.6) is 0 Å². The molecule has 0 heterocycles. The average molecular weight is 261 g/mol. The molecule has 1 aromatic carbocycles. The van der Waals surface area contributed by atoms with Crippen LogP contribution < -0.4 is 5.32 Å². The van der Waals surface area contributed by atoms with E-state index < -0.39 is 5.60 Å². The van der Waals surface area contributed by atoms with Gasteiger partial charge in [0.25, 0.3) is 0 Å². The van der Waals surface area contributed by atoms with E-state index in [1.165, 1.54) is 11.6 Å². The topological polar surface area (TPSA) is 38.3 Å². The van der Waals surface area contributed by atoms with Gasteiger partial charge in [-0.05, 0) is 33.3 Å². The van der Waals surface area contributed by atoms with Crippen molar-refractivity contribution in [2.75, 3.05) is 0 Å². The molecule has 0 unspecified atom stereocenters. The van der Waals surface area contributed by atoms with Gasteiger partial charge >= 0.3 is 5.97 Å². The Labute approximate surface area is 115 Å². The van der Waals surface area contributed by atoms with Gasteiger partial charge in [-0.15, -0.1) is 0 Å². The van der Waals surface area contributed by atoms with Gasteiger partial charge in [-0.3, -0.25) is 0 Å². The third kappa shape index (κ3) is 7.42. The van der Waals surface area contributed by atoms with E-state index in [0.717, 1.165) is 6.54 Å². The Morgan fingerprint density at radius 3 is 2.53 bits per heavy atom. The normalized spacial score (nSPS) is 13.5. The molecular formula is C16H23NO2. The second kappa shape index (κ2) is 7.10. The van der Waals surface area contributed by atoms with E-state index in [1.807, 2.05) is 52.0 Å². The Balaban J connectivity index is 2.35. The first-order chi connectivity index (χ1) is 8.87. The van der Waals surface area contributed by atoms with Gasteiger partial charge in [-0.1, -0.05) is 36.4 Å². The summed E-state index contributed by atoms with van der Waals surface area (Å²) >= 11 is 0. The Morgan fingerprint density at radius 1 is 1.32 bits per heavy atom. The molecule has 0 amide bonds. The number of nitrogens with one attached hydrogen (secondary N) is 1. The maximum atomic E-state index is 11.5. The standard InChI is InChI=1S/C16H23NO2/c1-13(10-11-15(18)19-16(2,3)4)17-12-14-8-6-5-7-9-14/h5-11,13,17H,12H2,1-4H3/b11-10+/t13-/m1/s1. The Hall–Kier alpha value is -1.61. The van der Waals surface area contributed by atoms with Crippen LogP contribution in [0.25, 0.3) is 0 Å². The molecule has 3 heteroatoms. The summed E-state index contributed by atoms with van der Waals surface area (Å²) in [5.41, 5.74) is 0.780. The highest BCUT2D eigenvalue weighted by Crippen LogP contribution is 2.07. The zero-order valence-electron chi connectivity index (χ0n) is 12.1. The number of ether oxygens (including phenoxy) is 1. The van der Waals surface area contributed by atoms with Crippen LogP contribution in [0.3, 0.4) is 0 Å². The number of hydrogen-bond acceptors (Lipinski definition) is 3. The third-order valence-electron chi connectivity index (χ3n) is 2.40. The third-order valence-corrected chi connectivity index (χ3v) is 2.40. The summed E-state index contributed by atoms with van der Waals surface area (Å²) in [6, 6.07) is 10.3. The van der Waals surface area contributed by atoms with E-state index in [1.54, 1.807) is 0 Å². The Bertz CT molecular complexity index is 418. The second-order valence-corrected chi connectivity index (χ2v) is 5.55. The van der Waals surface area contributed by atoms with Crippen LogP contribution in [0.2, 0.25) is 0 Å². The molecule has 0 radical (unpaired) electrons. The van der Waals surface area contributed by atoms with Gasteiger partial charge < -0.3 is 10.1 Å². The number of carbonyl (C=O) groups is 1. The molecule has 1 rings (SSSR count). The van der Waals surface area contributed by atoms with Gasteiger partial charge in [0.2, 0.25) is 0 Å². The van der Waals surface area contributed by atoms with Crippen LogP contribution in [-0.4, -0.2) is 17.6 Å². The summed E-state index contributed by atoms with van der Waals surface area (Å²) in [5.74, 6) is -0.305. The predicted octanol–water partition coefficient (Wildman–Crippen LogP) is 3.06. The molecule has 3 nitrogen and oxygen atoms in total. The Morgan fingerprint density at radius 2 is 1.95 bits per heavy atom. The van der Waals surface area contributed by atoms with E-state index in [4.69, 9.17) is 4.74 Å². The van der Waals surface area contributed by atoms with Crippen molar-refractivity contribution in [3.8, 4) is 0 Å². The summed E-state index contributed by atoms with van der Waals surface area (Å²) in [4.78, 5) is 11.5. The summed E-state index contributed by atoms with van der Waals surface area (Å²) in [6.07, 6.45) is 3.30. The highest BCUT2D eigenvalue weighted by molar-refractivity contribution is 5.82. The van der Waals surface area contributed by atoms with E-state index in [0.29, 0.717) is 0 Å². The first-order valence-corrected chi connectivity index (χ1v) is 6.55. The van der Waals surface area contributed by atoms with Gasteiger partial charge in [-0.2, -0.15) is 0 Å². The molecule has 0 spiro atoms. The zero-order valence-corrected chi connectivity index (χ0v) is 12.1. The molecular weight excluding hydrogens is 238 g/mol. The number of hydrogen-bond donors (Lipinski definition) is 1. The molecule has 1 N–H and O–H groups in total. The van der Waals surface area contributed by atoms with Gasteiger partial charge in [-0.25, -0.2) is 4.79 Å². The van der Waals surface area contributed by atoms with Crippen molar-refractivity contribution in [3.63, 3.8) is 0 Å². The maximum absolute atomic E-state index is 11.5. The molecule has 0 aliphatic heterocycles. The molecule has 0 saturated carbocycles. The van der Waals surface area contributed by atoms with E-state index in [-0.39, 0.29) is 12.0 Å². The summed E-state index contributed by atoms with van der Waals surface area (Å²) in [7, 11) is 0. The van der Waals surface area contributed by atoms with Gasteiger partial charge in [0, 0.05) is 18.7 Å². The molecule has 1 aromatic rings. The number of rotatable bonds is 5. The number of carbonyl (C=O) groups excluding carboxylic acids is 1. The lowest BCUT2D eigenvalue weighted by Gasteiger charge is -2.18. The van der Waals surface area contributed by atoms with Gasteiger partial charge in [0.1, 0.15) is 5.60 Å². The molecule has 0 bridgehead atoms. The first kappa shape index (κ1) is 15.4. The van der Waals surface area contributed by atoms with E-state index in [9.17, 15) is 4.79 Å². The summed E-state index contributed by atoms with van der Waals surface area (Å²) < 4.78 is 5.20. The van der Waals surface area contributed by atoms with Gasteiger partial charge in [0.05, 0.1) is 0 Å². The fourth-order valence-electron chi connectivity index (χ4n) is 1.50. The summed E-state index contributed by atoms with van der Waals surface area (Å²) in [6.45, 7) is 8.35. The lowest BCUT2D eigenvalue weighted by Crippen LogP contribution is -2.25. The van der Waals surface area contributed by atoms with Crippen LogP contribution >= 0.6 is 0 Å². The summed E-state index contributed by atoms with van der Waals surface area (Å²) in [5, 5.41) is 3.32. The minimum Gasteiger partial charge on any atom is -0.457 e. The molecule has 19 heavy (non-hydrogen) atoms. The number of benzene rings is 1. The molecule has 104 valence electrons. The molecule has 0 aliphatic rings. The lowest BCUT2D eigenvalue weighted by atomic mass is 10.2. The van der Waals surface area contributed by atoms with Crippen LogP contribution in [0.4, 0.5) is 0 Å². The minimum atomic E-state index is -0.442. The quantitative estimate of drug-likeness (QED) is 0.654. The monoisotopic (exact) mass is 261 g/mol. The van der Waals surface area contributed by atoms with Crippen molar-refractivity contribution in [3.05, 3.63) is 48.0 Å². The maximum Gasteiger partial charge on any atom is 0.330 e. The minimum absolute atomic E-state index is 0.118. The lowest BCUT2D eigenvalue weighted by molar-refractivity contribution is -0.148. The first-order valence-electron chi connectivity index (χ1n) is 6.55. The van der Waals surface area contributed by atoms with Crippen molar-refractivity contribution >= 4 is 5.97 Å². The fourth-order valence-corrected chi connectivity index (χ4v) is 1.50. The molecule has 1 atom stereocenters. The molecule has 0 fully saturated rings. The van der Waals surface area contributed by atoms with E-state index in [2.05, 4.69) is 17.4 Å². The van der Waals surface area contributed by atoms with Crippen LogP contribution in [0.1, 0.15) is 33.3 Å². The SMILES string of the molecule is C[C@H](/C=C/C(=O)OC(C)(C)C)NCc1ccccc1. The molecule has 0 aliphatic carbocycles. The van der Waals surface area contributed by atoms with E-state index >= 15 is 0 Å². The second-order valence-electron chi connectivity index (χ2n) is 5.55. The van der Waals surface area contributed by atoms with Crippen LogP contribution in [0, 0.1) is 0 Å². The highest BCUT2D eigenvalue weighted by Gasteiger charge is 2.13. The average Bonchev–Trinajstić information content (AvgIpc) is 2.33. The number of esters is 1. The van der Waals surface area contributed by atoms with Crippen molar-refractivity contribution in [1.82, 2.24) is 5.32 Å². The fraction of sp³-hybridized carbons (Fsp3) is 0.438. The molecule has 0 aromatic heterocycles. The van der Waals surface area contributed by atoms with Crippen molar-refractivity contribution in [1.29, 1.82) is 0 Å². The molecule has 0 saturated heterocycles. The Kier molecular flexibility index (Phi) is 5.77. The van der Waals surface area contributed by atoms with Crippen molar-refractivity contribution in [2.45, 2.75) is 45.9 Å². The largest absolute Gasteiger partial charge is 0.457 e. The van der Waals surface area contributed by atoms with Gasteiger partial charge in [0.15, 0.2) is 0 Å². The van der Waals surface area contributed by atoms with Crippen molar-refractivity contribution < 1.29 is 9.53 Å². The highest BCUT2D eigenvalue weighted by atomic mass is 16.6. The smallest absolute Gasteiger partial charge is 0.330 e. The zero-order chi connectivity index (χ0) is 14.3.